The largest absolute Gasteiger partial charge is 0.369 e. The Bertz CT molecular complexity index is 937. The fraction of sp³-hybridized carbons (Fsp3) is 0.500. The van der Waals surface area contributed by atoms with Crippen LogP contribution in [0.5, 0.6) is 0 Å². The molecule has 1 unspecified atom stereocenters. The van der Waals surface area contributed by atoms with Crippen LogP contribution in [0.2, 0.25) is 0 Å². The van der Waals surface area contributed by atoms with Crippen LogP contribution in [0.25, 0.3) is 5.65 Å². The van der Waals surface area contributed by atoms with Gasteiger partial charge in [0.1, 0.15) is 5.82 Å². The molecule has 0 saturated carbocycles. The van der Waals surface area contributed by atoms with Crippen molar-refractivity contribution in [2.24, 2.45) is 0 Å². The molecule has 7 nitrogen and oxygen atoms in total. The van der Waals surface area contributed by atoms with Crippen LogP contribution in [0.3, 0.4) is 0 Å². The molecule has 0 spiro atoms. The summed E-state index contributed by atoms with van der Waals surface area (Å²) in [6, 6.07) is 14.9. The van der Waals surface area contributed by atoms with Gasteiger partial charge >= 0.3 is 0 Å². The minimum Gasteiger partial charge on any atom is -0.369 e. The summed E-state index contributed by atoms with van der Waals surface area (Å²) in [5.74, 6) is 1.74. The predicted octanol–water partition coefficient (Wildman–Crippen LogP) is 3.04. The second-order valence-corrected chi connectivity index (χ2v) is 8.93. The Morgan fingerprint density at radius 3 is 2.38 bits per heavy atom. The number of aromatic nitrogens is 4. The van der Waals surface area contributed by atoms with Gasteiger partial charge in [0.05, 0.1) is 0 Å². The van der Waals surface area contributed by atoms with E-state index in [1.807, 2.05) is 16.6 Å². The molecule has 1 N–H and O–H groups in total. The van der Waals surface area contributed by atoms with Crippen LogP contribution in [-0.4, -0.2) is 63.5 Å². The number of rotatable bonds is 5. The summed E-state index contributed by atoms with van der Waals surface area (Å²) in [6.07, 6.45) is 0. The lowest BCUT2D eigenvalue weighted by Gasteiger charge is -2.37. The summed E-state index contributed by atoms with van der Waals surface area (Å²) in [5.41, 5.74) is 2.00. The van der Waals surface area contributed by atoms with Gasteiger partial charge in [-0.05, 0) is 31.2 Å². The topological polar surface area (TPSA) is 61.6 Å². The summed E-state index contributed by atoms with van der Waals surface area (Å²) >= 11 is 0. The number of piperazine rings is 1. The Labute approximate surface area is 172 Å². The maximum absolute atomic E-state index is 4.74. The molecule has 29 heavy (non-hydrogen) atoms. The smallest absolute Gasteiger partial charge is 0.178 e. The predicted molar refractivity (Wildman–Crippen MR) is 118 cm³/mol. The van der Waals surface area contributed by atoms with Gasteiger partial charge < -0.3 is 10.2 Å². The van der Waals surface area contributed by atoms with Crippen LogP contribution < -0.4 is 10.2 Å². The molecular formula is C22H31N7. The highest BCUT2D eigenvalue weighted by atomic mass is 15.4. The van der Waals surface area contributed by atoms with E-state index in [0.29, 0.717) is 6.04 Å². The van der Waals surface area contributed by atoms with E-state index in [1.165, 1.54) is 5.69 Å². The first-order valence-corrected chi connectivity index (χ1v) is 10.4. The van der Waals surface area contributed by atoms with Crippen LogP contribution in [0.15, 0.2) is 42.5 Å². The first-order chi connectivity index (χ1) is 13.9. The van der Waals surface area contributed by atoms with Gasteiger partial charge in [-0.2, -0.15) is 4.52 Å². The third-order valence-corrected chi connectivity index (χ3v) is 5.35. The fourth-order valence-electron chi connectivity index (χ4n) is 3.85. The molecule has 1 aliphatic heterocycles. The molecular weight excluding hydrogens is 362 g/mol. The number of benzene rings is 1. The minimum atomic E-state index is -0.102. The second-order valence-electron chi connectivity index (χ2n) is 8.93. The highest BCUT2D eigenvalue weighted by Crippen LogP contribution is 2.21. The average molecular weight is 394 g/mol. The molecule has 2 aromatic heterocycles. The molecule has 1 atom stereocenters. The van der Waals surface area contributed by atoms with Gasteiger partial charge in [0, 0.05) is 49.9 Å². The Balaban J connectivity index is 1.35. The van der Waals surface area contributed by atoms with E-state index >= 15 is 0 Å². The average Bonchev–Trinajstić information content (AvgIpc) is 3.13. The van der Waals surface area contributed by atoms with Gasteiger partial charge in [0.15, 0.2) is 11.5 Å². The quantitative estimate of drug-likeness (QED) is 0.719. The van der Waals surface area contributed by atoms with Gasteiger partial charge in [-0.15, -0.1) is 15.3 Å². The third kappa shape index (κ3) is 4.50. The SMILES string of the molecule is CC(CN1CCN(c2ccccc2)CC1)Nc1ccc2nnc(C(C)(C)C)n2n1. The van der Waals surface area contributed by atoms with Crippen molar-refractivity contribution in [3.8, 4) is 0 Å². The number of fused-ring (bicyclic) bond motifs is 1. The molecule has 0 bridgehead atoms. The van der Waals surface area contributed by atoms with E-state index in [0.717, 1.165) is 50.0 Å². The molecule has 3 heterocycles. The number of hydrogen-bond acceptors (Lipinski definition) is 6. The summed E-state index contributed by atoms with van der Waals surface area (Å²) in [4.78, 5) is 4.99. The molecule has 1 saturated heterocycles. The van der Waals surface area contributed by atoms with Crippen molar-refractivity contribution in [1.82, 2.24) is 24.7 Å². The lowest BCUT2D eigenvalue weighted by Crippen LogP contribution is -2.49. The van der Waals surface area contributed by atoms with Crippen molar-refractivity contribution in [3.05, 3.63) is 48.3 Å². The summed E-state index contributed by atoms with van der Waals surface area (Å²) in [6.45, 7) is 13.9. The molecule has 3 aromatic rings. The third-order valence-electron chi connectivity index (χ3n) is 5.35. The normalized spacial score (nSPS) is 16.9. The van der Waals surface area contributed by atoms with Crippen molar-refractivity contribution in [1.29, 1.82) is 0 Å². The molecule has 1 fully saturated rings. The Morgan fingerprint density at radius 1 is 0.966 bits per heavy atom. The van der Waals surface area contributed by atoms with Gasteiger partial charge in [0.2, 0.25) is 0 Å². The van der Waals surface area contributed by atoms with E-state index in [9.17, 15) is 0 Å². The van der Waals surface area contributed by atoms with Crippen molar-refractivity contribution in [3.63, 3.8) is 0 Å². The Hall–Kier alpha value is -2.67. The lowest BCUT2D eigenvalue weighted by molar-refractivity contribution is 0.251. The second kappa shape index (κ2) is 7.99. The molecule has 0 radical (unpaired) electrons. The number of nitrogens with one attached hydrogen (secondary N) is 1. The highest BCUT2D eigenvalue weighted by Gasteiger charge is 2.22. The zero-order valence-electron chi connectivity index (χ0n) is 17.8. The molecule has 154 valence electrons. The van der Waals surface area contributed by atoms with Crippen molar-refractivity contribution >= 4 is 17.2 Å². The van der Waals surface area contributed by atoms with Crippen LogP contribution in [-0.2, 0) is 5.41 Å². The molecule has 0 amide bonds. The van der Waals surface area contributed by atoms with Gasteiger partial charge in [-0.25, -0.2) is 0 Å². The lowest BCUT2D eigenvalue weighted by atomic mass is 9.96. The van der Waals surface area contributed by atoms with Crippen LogP contribution in [0, 0.1) is 0 Å². The Kier molecular flexibility index (Phi) is 5.41. The monoisotopic (exact) mass is 393 g/mol. The summed E-state index contributed by atoms with van der Waals surface area (Å²) in [7, 11) is 0. The molecule has 0 aliphatic carbocycles. The number of hydrogen-bond donors (Lipinski definition) is 1. The Morgan fingerprint density at radius 2 is 1.69 bits per heavy atom. The van der Waals surface area contributed by atoms with Crippen LogP contribution in [0.1, 0.15) is 33.5 Å². The fourth-order valence-corrected chi connectivity index (χ4v) is 3.85. The van der Waals surface area contributed by atoms with Crippen molar-refractivity contribution in [2.75, 3.05) is 42.9 Å². The number of nitrogens with zero attached hydrogens (tertiary/aromatic N) is 6. The van der Waals surface area contributed by atoms with Crippen molar-refractivity contribution < 1.29 is 0 Å². The number of anilines is 2. The molecule has 1 aliphatic rings. The van der Waals surface area contributed by atoms with E-state index in [4.69, 9.17) is 5.10 Å². The first-order valence-electron chi connectivity index (χ1n) is 10.4. The summed E-state index contributed by atoms with van der Waals surface area (Å²) in [5, 5.41) is 16.9. The van der Waals surface area contributed by atoms with E-state index < -0.39 is 0 Å². The molecule has 1 aromatic carbocycles. The summed E-state index contributed by atoms with van der Waals surface area (Å²) < 4.78 is 1.85. The van der Waals surface area contributed by atoms with Crippen LogP contribution in [0.4, 0.5) is 11.5 Å². The highest BCUT2D eigenvalue weighted by molar-refractivity contribution is 5.47. The maximum atomic E-state index is 4.74. The zero-order chi connectivity index (χ0) is 20.4. The van der Waals surface area contributed by atoms with E-state index in [1.54, 1.807) is 0 Å². The molecule has 7 heteroatoms. The van der Waals surface area contributed by atoms with E-state index in [-0.39, 0.29) is 5.41 Å². The van der Waals surface area contributed by atoms with E-state index in [2.05, 4.69) is 83.3 Å². The van der Waals surface area contributed by atoms with Crippen LogP contribution >= 0.6 is 0 Å². The van der Waals surface area contributed by atoms with Gasteiger partial charge in [-0.1, -0.05) is 39.0 Å². The minimum absolute atomic E-state index is 0.102. The van der Waals surface area contributed by atoms with Gasteiger partial charge in [0.25, 0.3) is 0 Å². The number of para-hydroxylation sites is 1. The first kappa shape index (κ1) is 19.6. The van der Waals surface area contributed by atoms with Crippen molar-refractivity contribution in [2.45, 2.75) is 39.2 Å². The van der Waals surface area contributed by atoms with Gasteiger partial charge in [-0.3, -0.25) is 4.90 Å². The zero-order valence-corrected chi connectivity index (χ0v) is 17.8. The maximum Gasteiger partial charge on any atom is 0.178 e. The molecule has 4 rings (SSSR count). The standard InChI is InChI=1S/C22H31N7/c1-17(16-27-12-14-28(15-13-27)18-8-6-5-7-9-18)23-19-10-11-20-24-25-21(22(2,3)4)29(20)26-19/h5-11,17H,12-16H2,1-4H3,(H,23,26).